The third-order valence-corrected chi connectivity index (χ3v) is 2.97. The predicted molar refractivity (Wildman–Crippen MR) is 78.9 cm³/mol. The number of halogens is 2. The van der Waals surface area contributed by atoms with Crippen molar-refractivity contribution in [1.29, 1.82) is 0 Å². The van der Waals surface area contributed by atoms with E-state index in [0.29, 0.717) is 22.0 Å². The van der Waals surface area contributed by atoms with Crippen molar-refractivity contribution in [2.24, 2.45) is 0 Å². The Hall–Kier alpha value is -2.27. The largest absolute Gasteiger partial charge is 0.397 e. The van der Waals surface area contributed by atoms with Crippen molar-refractivity contribution >= 4 is 34.6 Å². The van der Waals surface area contributed by atoms with Gasteiger partial charge in [0.25, 0.3) is 5.91 Å². The first-order chi connectivity index (χ1) is 9.51. The van der Waals surface area contributed by atoms with Crippen LogP contribution in [0.15, 0.2) is 36.4 Å². The van der Waals surface area contributed by atoms with Crippen molar-refractivity contribution in [1.82, 2.24) is 5.32 Å². The van der Waals surface area contributed by atoms with Crippen molar-refractivity contribution in [2.45, 2.75) is 0 Å². The van der Waals surface area contributed by atoms with Gasteiger partial charge < -0.3 is 16.4 Å². The van der Waals surface area contributed by atoms with E-state index in [0.717, 1.165) is 0 Å². The Morgan fingerprint density at radius 2 is 1.95 bits per heavy atom. The summed E-state index contributed by atoms with van der Waals surface area (Å²) >= 11 is 5.82. The van der Waals surface area contributed by atoms with Gasteiger partial charge in [-0.2, -0.15) is 0 Å². The smallest absolute Gasteiger partial charge is 0.251 e. The highest BCUT2D eigenvalue weighted by Crippen LogP contribution is 2.27. The summed E-state index contributed by atoms with van der Waals surface area (Å²) in [6.45, 7) is 0. The van der Waals surface area contributed by atoms with Crippen LogP contribution >= 0.6 is 11.6 Å². The van der Waals surface area contributed by atoms with Crippen molar-refractivity contribution in [3.63, 3.8) is 0 Å². The Bertz CT molecular complexity index is 661. The zero-order chi connectivity index (χ0) is 14.7. The summed E-state index contributed by atoms with van der Waals surface area (Å²) < 4.78 is 13.6. The van der Waals surface area contributed by atoms with Crippen LogP contribution in [0.1, 0.15) is 10.4 Å². The van der Waals surface area contributed by atoms with Crippen LogP contribution in [0.4, 0.5) is 21.5 Å². The van der Waals surface area contributed by atoms with Crippen molar-refractivity contribution in [3.05, 3.63) is 52.8 Å². The zero-order valence-electron chi connectivity index (χ0n) is 10.7. The number of nitrogen functional groups attached to an aromatic ring is 1. The fourth-order valence-corrected chi connectivity index (χ4v) is 1.87. The van der Waals surface area contributed by atoms with Gasteiger partial charge >= 0.3 is 0 Å². The second kappa shape index (κ2) is 5.79. The van der Waals surface area contributed by atoms with Gasteiger partial charge in [0, 0.05) is 17.6 Å². The number of rotatable bonds is 3. The minimum atomic E-state index is -0.441. The Labute approximate surface area is 120 Å². The summed E-state index contributed by atoms with van der Waals surface area (Å²) in [5, 5.41) is 5.76. The molecule has 0 saturated heterocycles. The normalized spacial score (nSPS) is 10.2. The summed E-state index contributed by atoms with van der Waals surface area (Å²) in [6.07, 6.45) is 0. The molecule has 2 aromatic rings. The highest BCUT2D eigenvalue weighted by atomic mass is 35.5. The summed E-state index contributed by atoms with van der Waals surface area (Å²) in [5.74, 6) is -0.679. The van der Waals surface area contributed by atoms with Crippen LogP contribution in [0.25, 0.3) is 0 Å². The van der Waals surface area contributed by atoms with Gasteiger partial charge in [0.05, 0.1) is 17.1 Å². The second-order valence-electron chi connectivity index (χ2n) is 4.13. The standard InChI is InChI=1S/C14H13ClFN3O/c1-18-14(20)8-2-5-12(11(17)6-8)19-13-7-9(15)3-4-10(13)16/h2-7,19H,17H2,1H3,(H,18,20). The fraction of sp³-hybridized carbons (Fsp3) is 0.0714. The lowest BCUT2D eigenvalue weighted by atomic mass is 10.1. The molecule has 0 aromatic heterocycles. The van der Waals surface area contributed by atoms with Crippen LogP contribution in [-0.4, -0.2) is 13.0 Å². The molecule has 2 rings (SSSR count). The average molecular weight is 294 g/mol. The summed E-state index contributed by atoms with van der Waals surface area (Å²) in [4.78, 5) is 11.5. The van der Waals surface area contributed by atoms with Gasteiger partial charge in [0.15, 0.2) is 0 Å². The molecule has 0 atom stereocenters. The second-order valence-corrected chi connectivity index (χ2v) is 4.57. The monoisotopic (exact) mass is 293 g/mol. The topological polar surface area (TPSA) is 67.2 Å². The fourth-order valence-electron chi connectivity index (χ4n) is 1.70. The minimum absolute atomic E-state index is 0.219. The molecule has 0 aliphatic rings. The molecule has 20 heavy (non-hydrogen) atoms. The van der Waals surface area contributed by atoms with Crippen molar-refractivity contribution in [3.8, 4) is 0 Å². The van der Waals surface area contributed by atoms with Gasteiger partial charge in [0.1, 0.15) is 5.82 Å². The highest BCUT2D eigenvalue weighted by molar-refractivity contribution is 6.30. The van der Waals surface area contributed by atoms with Crippen molar-refractivity contribution < 1.29 is 9.18 Å². The molecule has 0 aliphatic heterocycles. The molecule has 0 spiro atoms. The zero-order valence-corrected chi connectivity index (χ0v) is 11.5. The van der Waals surface area contributed by atoms with Crippen molar-refractivity contribution in [2.75, 3.05) is 18.1 Å². The molecule has 104 valence electrons. The first kappa shape index (κ1) is 14.1. The van der Waals surface area contributed by atoms with E-state index in [2.05, 4.69) is 10.6 Å². The van der Waals surface area contributed by atoms with E-state index in [1.807, 2.05) is 0 Å². The van der Waals surface area contributed by atoms with E-state index >= 15 is 0 Å². The number of nitrogens with two attached hydrogens (primary N) is 1. The molecule has 6 heteroatoms. The van der Waals surface area contributed by atoms with Gasteiger partial charge in [-0.25, -0.2) is 4.39 Å². The third-order valence-electron chi connectivity index (χ3n) is 2.74. The van der Waals surface area contributed by atoms with Crippen LogP contribution in [0, 0.1) is 5.82 Å². The van der Waals surface area contributed by atoms with Gasteiger partial charge in [-0.15, -0.1) is 0 Å². The number of amides is 1. The van der Waals surface area contributed by atoms with Crippen LogP contribution in [-0.2, 0) is 0 Å². The predicted octanol–water partition coefficient (Wildman–Crippen LogP) is 3.16. The Morgan fingerprint density at radius 3 is 2.60 bits per heavy atom. The Balaban J connectivity index is 2.30. The molecule has 0 unspecified atom stereocenters. The van der Waals surface area contributed by atoms with E-state index in [1.54, 1.807) is 12.1 Å². The number of benzene rings is 2. The molecule has 0 fully saturated rings. The molecule has 4 N–H and O–H groups in total. The van der Waals surface area contributed by atoms with Gasteiger partial charge in [-0.3, -0.25) is 4.79 Å². The molecular formula is C14H13ClFN3O. The Kier molecular flexibility index (Phi) is 4.10. The molecular weight excluding hydrogens is 281 g/mol. The lowest BCUT2D eigenvalue weighted by molar-refractivity contribution is 0.0963. The molecule has 2 aromatic carbocycles. The lowest BCUT2D eigenvalue weighted by Crippen LogP contribution is -2.18. The van der Waals surface area contributed by atoms with Gasteiger partial charge in [0.2, 0.25) is 0 Å². The summed E-state index contributed by atoms with van der Waals surface area (Å²) in [7, 11) is 1.53. The molecule has 0 radical (unpaired) electrons. The number of hydrogen-bond donors (Lipinski definition) is 3. The molecule has 1 amide bonds. The SMILES string of the molecule is CNC(=O)c1ccc(Nc2cc(Cl)ccc2F)c(N)c1. The molecule has 0 aliphatic carbocycles. The summed E-state index contributed by atoms with van der Waals surface area (Å²) in [5.41, 5.74) is 7.34. The maximum atomic E-state index is 13.6. The highest BCUT2D eigenvalue weighted by Gasteiger charge is 2.09. The van der Waals surface area contributed by atoms with Crippen LogP contribution in [0.2, 0.25) is 5.02 Å². The average Bonchev–Trinajstić information content (AvgIpc) is 2.44. The molecule has 0 heterocycles. The molecule has 4 nitrogen and oxygen atoms in total. The molecule has 0 saturated carbocycles. The number of nitrogens with one attached hydrogen (secondary N) is 2. The summed E-state index contributed by atoms with van der Waals surface area (Å²) in [6, 6.07) is 8.91. The van der Waals surface area contributed by atoms with E-state index in [-0.39, 0.29) is 11.6 Å². The van der Waals surface area contributed by atoms with E-state index in [9.17, 15) is 9.18 Å². The quantitative estimate of drug-likeness (QED) is 0.762. The van der Waals surface area contributed by atoms with Crippen LogP contribution < -0.4 is 16.4 Å². The maximum absolute atomic E-state index is 13.6. The van der Waals surface area contributed by atoms with E-state index < -0.39 is 5.82 Å². The number of hydrogen-bond acceptors (Lipinski definition) is 3. The van der Waals surface area contributed by atoms with Crippen LogP contribution in [0.3, 0.4) is 0 Å². The molecule has 0 bridgehead atoms. The number of carbonyl (C=O) groups excluding carboxylic acids is 1. The number of carbonyl (C=O) groups is 1. The minimum Gasteiger partial charge on any atom is -0.397 e. The van der Waals surface area contributed by atoms with E-state index in [4.69, 9.17) is 17.3 Å². The van der Waals surface area contributed by atoms with Crippen LogP contribution in [0.5, 0.6) is 0 Å². The number of anilines is 3. The third kappa shape index (κ3) is 3.00. The first-order valence-electron chi connectivity index (χ1n) is 5.85. The van der Waals surface area contributed by atoms with E-state index in [1.165, 1.54) is 31.3 Å². The Morgan fingerprint density at radius 1 is 1.20 bits per heavy atom. The van der Waals surface area contributed by atoms with Gasteiger partial charge in [-0.05, 0) is 36.4 Å². The maximum Gasteiger partial charge on any atom is 0.251 e. The first-order valence-corrected chi connectivity index (χ1v) is 6.22. The van der Waals surface area contributed by atoms with Gasteiger partial charge in [-0.1, -0.05) is 11.6 Å². The lowest BCUT2D eigenvalue weighted by Gasteiger charge is -2.11.